The Morgan fingerprint density at radius 2 is 1.91 bits per heavy atom. The first-order valence-corrected chi connectivity index (χ1v) is 14.9. The van der Waals surface area contributed by atoms with E-state index in [1.165, 1.54) is 11.8 Å². The van der Waals surface area contributed by atoms with Crippen molar-refractivity contribution in [1.29, 1.82) is 0 Å². The molecule has 34 heavy (non-hydrogen) atoms. The minimum absolute atomic E-state index is 0.0958. The van der Waals surface area contributed by atoms with Gasteiger partial charge in [-0.25, -0.2) is 9.97 Å². The van der Waals surface area contributed by atoms with Crippen molar-refractivity contribution in [2.75, 3.05) is 62.8 Å². The van der Waals surface area contributed by atoms with E-state index in [1.54, 1.807) is 18.0 Å². The quantitative estimate of drug-likeness (QED) is 0.418. The number of amides is 1. The summed E-state index contributed by atoms with van der Waals surface area (Å²) in [5.74, 6) is 0.872. The van der Waals surface area contributed by atoms with Crippen molar-refractivity contribution >= 4 is 57.0 Å². The van der Waals surface area contributed by atoms with Crippen LogP contribution in [0.5, 0.6) is 0 Å². The molecule has 8 nitrogen and oxygen atoms in total. The Morgan fingerprint density at radius 3 is 2.62 bits per heavy atom. The number of para-hydroxylation sites is 2. The molecule has 1 aliphatic rings. The van der Waals surface area contributed by atoms with Gasteiger partial charge in [-0.05, 0) is 31.4 Å². The number of nitrogens with zero attached hydrogens (tertiary/aromatic N) is 4. The van der Waals surface area contributed by atoms with Crippen molar-refractivity contribution < 1.29 is 9.00 Å². The summed E-state index contributed by atoms with van der Waals surface area (Å²) in [5, 5.41) is 4.37. The van der Waals surface area contributed by atoms with Crippen LogP contribution >= 0.6 is 23.5 Å². The third-order valence-electron chi connectivity index (χ3n) is 5.68. The van der Waals surface area contributed by atoms with Crippen LogP contribution in [-0.4, -0.2) is 92.4 Å². The zero-order valence-electron chi connectivity index (χ0n) is 19.7. The lowest BCUT2D eigenvalue weighted by molar-refractivity contribution is -0.117. The molecule has 1 saturated heterocycles. The average Bonchev–Trinajstić information content (AvgIpc) is 3.23. The van der Waals surface area contributed by atoms with Gasteiger partial charge in [0.25, 0.3) is 0 Å². The number of carbonyl (C=O) groups is 1. The van der Waals surface area contributed by atoms with E-state index >= 15 is 0 Å². The molecule has 11 heteroatoms. The van der Waals surface area contributed by atoms with Gasteiger partial charge in [0.05, 0.1) is 34.1 Å². The van der Waals surface area contributed by atoms with E-state index in [-0.39, 0.29) is 5.91 Å². The lowest BCUT2D eigenvalue weighted by Gasteiger charge is -2.34. The second-order valence-corrected chi connectivity index (χ2v) is 11.4. The molecule has 1 unspecified atom stereocenters. The molecular formula is C23H30N6O2S3. The highest BCUT2D eigenvalue weighted by Crippen LogP contribution is 2.30. The Hall–Kier alpha value is -1.92. The summed E-state index contributed by atoms with van der Waals surface area (Å²) in [6.45, 7) is 6.73. The molecular weight excluding hydrogens is 488 g/mol. The molecule has 1 amide bonds. The highest BCUT2D eigenvalue weighted by atomic mass is 32.2. The van der Waals surface area contributed by atoms with Gasteiger partial charge in [0, 0.05) is 55.3 Å². The number of carbonyl (C=O) groups excluding carboxylic acids is 1. The van der Waals surface area contributed by atoms with Gasteiger partial charge in [-0.2, -0.15) is 0 Å². The third kappa shape index (κ3) is 6.39. The standard InChI is InChI=1S/C23H30N6O2S3/c1-16-14-19(32-2)21(22(24-16)34(3)31)27-20(30)15-29-10-8-28(9-11-29)12-13-33-23-25-17-6-4-5-7-18(17)26-23/h4-7,14H,8-13,15H2,1-3H3,(H,25,26)(H,27,30). The van der Waals surface area contributed by atoms with Crippen LogP contribution in [0.2, 0.25) is 0 Å². The summed E-state index contributed by atoms with van der Waals surface area (Å²) < 4.78 is 12.2. The predicted molar refractivity (Wildman–Crippen MR) is 141 cm³/mol. The van der Waals surface area contributed by atoms with Gasteiger partial charge in [-0.15, -0.1) is 11.8 Å². The minimum Gasteiger partial charge on any atom is -0.333 e. The molecule has 3 aromatic rings. The number of pyridine rings is 1. The average molecular weight is 519 g/mol. The van der Waals surface area contributed by atoms with Gasteiger partial charge < -0.3 is 10.3 Å². The first-order chi connectivity index (χ1) is 16.4. The van der Waals surface area contributed by atoms with E-state index in [4.69, 9.17) is 0 Å². The molecule has 0 radical (unpaired) electrons. The van der Waals surface area contributed by atoms with E-state index < -0.39 is 10.8 Å². The second-order valence-electron chi connectivity index (χ2n) is 8.17. The van der Waals surface area contributed by atoms with Crippen molar-refractivity contribution in [1.82, 2.24) is 24.8 Å². The predicted octanol–water partition coefficient (Wildman–Crippen LogP) is 3.07. The Bertz CT molecular complexity index is 1140. The molecule has 2 aromatic heterocycles. The maximum absolute atomic E-state index is 12.8. The Balaban J connectivity index is 1.23. The number of aryl methyl sites for hydroxylation is 1. The maximum Gasteiger partial charge on any atom is 0.238 e. The zero-order valence-corrected chi connectivity index (χ0v) is 22.1. The molecule has 182 valence electrons. The van der Waals surface area contributed by atoms with E-state index in [0.29, 0.717) is 17.3 Å². The number of anilines is 1. The Labute approximate surface area is 211 Å². The van der Waals surface area contributed by atoms with E-state index in [2.05, 4.69) is 30.1 Å². The summed E-state index contributed by atoms with van der Waals surface area (Å²) in [4.78, 5) is 30.6. The van der Waals surface area contributed by atoms with Crippen molar-refractivity contribution in [3.63, 3.8) is 0 Å². The fourth-order valence-electron chi connectivity index (χ4n) is 3.92. The van der Waals surface area contributed by atoms with Crippen molar-refractivity contribution in [3.8, 4) is 0 Å². The minimum atomic E-state index is -1.28. The molecule has 0 bridgehead atoms. The van der Waals surface area contributed by atoms with Crippen molar-refractivity contribution in [2.45, 2.75) is 22.0 Å². The van der Waals surface area contributed by atoms with Gasteiger partial charge in [-0.1, -0.05) is 23.9 Å². The number of imidazole rings is 1. The number of aromatic amines is 1. The molecule has 1 atom stereocenters. The number of H-pyrrole nitrogens is 1. The molecule has 0 saturated carbocycles. The number of hydrogen-bond donors (Lipinski definition) is 2. The fraction of sp³-hybridized carbons (Fsp3) is 0.435. The molecule has 0 spiro atoms. The maximum atomic E-state index is 12.8. The van der Waals surface area contributed by atoms with Crippen LogP contribution in [0.25, 0.3) is 11.0 Å². The number of piperazine rings is 1. The van der Waals surface area contributed by atoms with Gasteiger partial charge in [0.15, 0.2) is 10.2 Å². The number of hydrogen-bond acceptors (Lipinski definition) is 8. The molecule has 1 aromatic carbocycles. The molecule has 1 aliphatic heterocycles. The largest absolute Gasteiger partial charge is 0.333 e. The summed E-state index contributed by atoms with van der Waals surface area (Å²) in [5.41, 5.74) is 3.44. The van der Waals surface area contributed by atoms with Crippen molar-refractivity contribution in [3.05, 3.63) is 36.0 Å². The van der Waals surface area contributed by atoms with Crippen LogP contribution in [0.1, 0.15) is 5.69 Å². The van der Waals surface area contributed by atoms with Gasteiger partial charge in [0.1, 0.15) is 0 Å². The number of thioether (sulfide) groups is 2. The summed E-state index contributed by atoms with van der Waals surface area (Å²) in [7, 11) is -1.28. The molecule has 4 rings (SSSR count). The topological polar surface area (TPSA) is 94.2 Å². The van der Waals surface area contributed by atoms with Crippen LogP contribution in [0.3, 0.4) is 0 Å². The molecule has 1 fully saturated rings. The van der Waals surface area contributed by atoms with Crippen LogP contribution in [0.4, 0.5) is 5.69 Å². The van der Waals surface area contributed by atoms with Crippen LogP contribution in [-0.2, 0) is 15.6 Å². The van der Waals surface area contributed by atoms with E-state index in [9.17, 15) is 9.00 Å². The van der Waals surface area contributed by atoms with Crippen LogP contribution in [0, 0.1) is 6.92 Å². The SMILES string of the molecule is CSc1cc(C)nc(S(C)=O)c1NC(=O)CN1CCN(CCSc2nc3ccccc3[nH]2)CC1. The molecule has 3 heterocycles. The number of benzene rings is 1. The highest BCUT2D eigenvalue weighted by molar-refractivity contribution is 7.99. The second kappa shape index (κ2) is 11.7. The van der Waals surface area contributed by atoms with Gasteiger partial charge in [0.2, 0.25) is 5.91 Å². The third-order valence-corrected chi connectivity index (χ3v) is 8.14. The normalized spacial score (nSPS) is 16.1. The molecule has 2 N–H and O–H groups in total. The monoisotopic (exact) mass is 518 g/mol. The van der Waals surface area contributed by atoms with Gasteiger partial charge >= 0.3 is 0 Å². The lowest BCUT2D eigenvalue weighted by atomic mass is 10.3. The molecule has 0 aliphatic carbocycles. The number of nitrogens with one attached hydrogen (secondary N) is 2. The Morgan fingerprint density at radius 1 is 1.18 bits per heavy atom. The first-order valence-electron chi connectivity index (χ1n) is 11.1. The van der Waals surface area contributed by atoms with Gasteiger partial charge in [-0.3, -0.25) is 18.8 Å². The van der Waals surface area contributed by atoms with Crippen LogP contribution in [0.15, 0.2) is 45.4 Å². The number of aromatic nitrogens is 3. The lowest BCUT2D eigenvalue weighted by Crippen LogP contribution is -2.49. The van der Waals surface area contributed by atoms with E-state index in [0.717, 1.165) is 65.3 Å². The summed E-state index contributed by atoms with van der Waals surface area (Å²) >= 11 is 3.26. The number of rotatable bonds is 9. The summed E-state index contributed by atoms with van der Waals surface area (Å²) in [6.07, 6.45) is 3.53. The Kier molecular flexibility index (Phi) is 8.65. The zero-order chi connectivity index (χ0) is 24.1. The first kappa shape index (κ1) is 25.2. The summed E-state index contributed by atoms with van der Waals surface area (Å²) in [6, 6.07) is 9.99. The number of fused-ring (bicyclic) bond motifs is 1. The van der Waals surface area contributed by atoms with Crippen LogP contribution < -0.4 is 5.32 Å². The van der Waals surface area contributed by atoms with Crippen molar-refractivity contribution in [2.24, 2.45) is 0 Å². The smallest absolute Gasteiger partial charge is 0.238 e. The highest BCUT2D eigenvalue weighted by Gasteiger charge is 2.21. The van der Waals surface area contributed by atoms with E-state index in [1.807, 2.05) is 43.5 Å². The fourth-order valence-corrected chi connectivity index (χ4v) is 6.24.